The Morgan fingerprint density at radius 3 is 2.94 bits per heavy atom. The molecule has 0 bridgehead atoms. The number of aromatic nitrogens is 2. The van der Waals surface area contributed by atoms with Crippen LogP contribution < -0.4 is 11.1 Å². The van der Waals surface area contributed by atoms with Crippen molar-refractivity contribution in [2.24, 2.45) is 17.6 Å². The van der Waals surface area contributed by atoms with Gasteiger partial charge in [0.25, 0.3) is 0 Å². The molecule has 0 fully saturated rings. The van der Waals surface area contributed by atoms with Crippen molar-refractivity contribution in [2.75, 3.05) is 11.9 Å². The average molecular weight is 246 g/mol. The maximum Gasteiger partial charge on any atom is 0.229 e. The van der Waals surface area contributed by atoms with Crippen LogP contribution in [0.4, 0.5) is 5.69 Å². The zero-order valence-electron chi connectivity index (χ0n) is 10.6. The molecular weight excluding hydrogens is 228 g/mol. The highest BCUT2D eigenvalue weighted by atomic mass is 16.1. The van der Waals surface area contributed by atoms with Crippen LogP contribution >= 0.6 is 0 Å². The number of anilines is 1. The topological polar surface area (TPSA) is 83.8 Å². The number of nitrogens with zero attached hydrogens (tertiary/aromatic N) is 1. The van der Waals surface area contributed by atoms with E-state index in [0.29, 0.717) is 6.54 Å². The van der Waals surface area contributed by atoms with Gasteiger partial charge in [0.2, 0.25) is 5.91 Å². The molecule has 5 heteroatoms. The van der Waals surface area contributed by atoms with E-state index in [0.717, 1.165) is 16.6 Å². The molecular formula is C13H18N4O. The van der Waals surface area contributed by atoms with Gasteiger partial charge in [-0.3, -0.25) is 9.89 Å². The summed E-state index contributed by atoms with van der Waals surface area (Å²) in [5.41, 5.74) is 7.22. The van der Waals surface area contributed by atoms with Crippen LogP contribution in [0.5, 0.6) is 0 Å². The molecule has 2 rings (SSSR count). The number of nitrogens with two attached hydrogens (primary N) is 1. The van der Waals surface area contributed by atoms with E-state index in [-0.39, 0.29) is 17.7 Å². The van der Waals surface area contributed by atoms with Gasteiger partial charge in [0, 0.05) is 11.9 Å². The van der Waals surface area contributed by atoms with Gasteiger partial charge in [-0.25, -0.2) is 0 Å². The monoisotopic (exact) mass is 246 g/mol. The van der Waals surface area contributed by atoms with Gasteiger partial charge in [-0.15, -0.1) is 0 Å². The Hall–Kier alpha value is -1.88. The smallest absolute Gasteiger partial charge is 0.229 e. The second kappa shape index (κ2) is 5.18. The second-order valence-corrected chi connectivity index (χ2v) is 4.72. The van der Waals surface area contributed by atoms with Crippen molar-refractivity contribution in [1.29, 1.82) is 0 Å². The lowest BCUT2D eigenvalue weighted by atomic mass is 9.95. The molecule has 0 aliphatic carbocycles. The van der Waals surface area contributed by atoms with E-state index in [2.05, 4.69) is 15.5 Å². The molecule has 1 aromatic heterocycles. The minimum atomic E-state index is -0.178. The van der Waals surface area contributed by atoms with Crippen LogP contribution in [0.15, 0.2) is 24.4 Å². The summed E-state index contributed by atoms with van der Waals surface area (Å²) in [5.74, 6) is -0.00579. The molecule has 1 heterocycles. The molecule has 0 saturated carbocycles. The van der Waals surface area contributed by atoms with Gasteiger partial charge in [-0.1, -0.05) is 26.0 Å². The van der Waals surface area contributed by atoms with Crippen molar-refractivity contribution in [1.82, 2.24) is 10.2 Å². The fourth-order valence-corrected chi connectivity index (χ4v) is 1.98. The minimum Gasteiger partial charge on any atom is -0.330 e. The molecule has 0 radical (unpaired) electrons. The van der Waals surface area contributed by atoms with Gasteiger partial charge in [0.15, 0.2) is 0 Å². The number of fused-ring (bicyclic) bond motifs is 1. The van der Waals surface area contributed by atoms with Gasteiger partial charge in [-0.05, 0) is 12.0 Å². The Labute approximate surface area is 106 Å². The number of benzene rings is 1. The van der Waals surface area contributed by atoms with Crippen LogP contribution in [-0.4, -0.2) is 22.6 Å². The number of carbonyl (C=O) groups excluding carboxylic acids is 1. The van der Waals surface area contributed by atoms with Crippen molar-refractivity contribution in [2.45, 2.75) is 13.8 Å². The van der Waals surface area contributed by atoms with Crippen molar-refractivity contribution in [3.05, 3.63) is 24.4 Å². The standard InChI is InChI=1S/C13H18N4O/c1-8(2)10(6-14)13(18)16-11-5-3-4-9-7-15-17-12(9)11/h3-5,7-8,10H,6,14H2,1-2H3,(H,15,17)(H,16,18). The number of nitrogens with one attached hydrogen (secondary N) is 2. The maximum absolute atomic E-state index is 12.1. The van der Waals surface area contributed by atoms with E-state index in [9.17, 15) is 4.79 Å². The summed E-state index contributed by atoms with van der Waals surface area (Å²) in [6.07, 6.45) is 1.73. The zero-order valence-corrected chi connectivity index (χ0v) is 10.6. The van der Waals surface area contributed by atoms with Gasteiger partial charge in [0.1, 0.15) is 0 Å². The molecule has 1 atom stereocenters. The van der Waals surface area contributed by atoms with Crippen LogP contribution in [0.1, 0.15) is 13.8 Å². The lowest BCUT2D eigenvalue weighted by Gasteiger charge is -2.18. The highest BCUT2D eigenvalue weighted by Crippen LogP contribution is 2.22. The SMILES string of the molecule is CC(C)C(CN)C(=O)Nc1cccc2cn[nH]c12. The minimum absolute atomic E-state index is 0.0467. The number of aromatic amines is 1. The first-order valence-electron chi connectivity index (χ1n) is 6.06. The van der Waals surface area contributed by atoms with Crippen LogP contribution in [0, 0.1) is 11.8 Å². The van der Waals surface area contributed by atoms with Crippen LogP contribution in [0.3, 0.4) is 0 Å². The number of rotatable bonds is 4. The third-order valence-electron chi connectivity index (χ3n) is 3.13. The van der Waals surface area contributed by atoms with Crippen molar-refractivity contribution >= 4 is 22.5 Å². The van der Waals surface area contributed by atoms with Gasteiger partial charge >= 0.3 is 0 Å². The Morgan fingerprint density at radius 2 is 2.28 bits per heavy atom. The summed E-state index contributed by atoms with van der Waals surface area (Å²) >= 11 is 0. The average Bonchev–Trinajstić information content (AvgIpc) is 2.78. The number of H-pyrrole nitrogens is 1. The van der Waals surface area contributed by atoms with Crippen molar-refractivity contribution in [3.8, 4) is 0 Å². The fraction of sp³-hybridized carbons (Fsp3) is 0.385. The molecule has 0 spiro atoms. The molecule has 18 heavy (non-hydrogen) atoms. The molecule has 0 aliphatic heterocycles. The van der Waals surface area contributed by atoms with E-state index in [4.69, 9.17) is 5.73 Å². The summed E-state index contributed by atoms with van der Waals surface area (Å²) < 4.78 is 0. The highest BCUT2D eigenvalue weighted by Gasteiger charge is 2.21. The number of hydrogen-bond donors (Lipinski definition) is 3. The fourth-order valence-electron chi connectivity index (χ4n) is 1.98. The van der Waals surface area contributed by atoms with Gasteiger partial charge in [0.05, 0.1) is 23.3 Å². The predicted molar refractivity (Wildman–Crippen MR) is 72.1 cm³/mol. The number of amides is 1. The lowest BCUT2D eigenvalue weighted by Crippen LogP contribution is -2.33. The van der Waals surface area contributed by atoms with E-state index in [1.54, 1.807) is 6.20 Å². The molecule has 5 nitrogen and oxygen atoms in total. The molecule has 0 aliphatic rings. The third-order valence-corrected chi connectivity index (χ3v) is 3.13. The molecule has 2 aromatic rings. The molecule has 1 aromatic carbocycles. The summed E-state index contributed by atoms with van der Waals surface area (Å²) in [6.45, 7) is 4.34. The Kier molecular flexibility index (Phi) is 3.62. The maximum atomic E-state index is 12.1. The molecule has 1 amide bonds. The Balaban J connectivity index is 2.23. The number of para-hydroxylation sites is 1. The largest absolute Gasteiger partial charge is 0.330 e. The van der Waals surface area contributed by atoms with Crippen molar-refractivity contribution < 1.29 is 4.79 Å². The first-order valence-corrected chi connectivity index (χ1v) is 6.06. The highest BCUT2D eigenvalue weighted by molar-refractivity contribution is 6.01. The summed E-state index contributed by atoms with van der Waals surface area (Å²) in [7, 11) is 0. The first-order chi connectivity index (χ1) is 8.63. The number of carbonyl (C=O) groups is 1. The van der Waals surface area contributed by atoms with Crippen LogP contribution in [0.2, 0.25) is 0 Å². The Bertz CT molecular complexity index is 547. The first kappa shape index (κ1) is 12.6. The molecule has 4 N–H and O–H groups in total. The van der Waals surface area contributed by atoms with Crippen molar-refractivity contribution in [3.63, 3.8) is 0 Å². The number of hydrogen-bond acceptors (Lipinski definition) is 3. The van der Waals surface area contributed by atoms with Crippen LogP contribution in [0.25, 0.3) is 10.9 Å². The van der Waals surface area contributed by atoms with Gasteiger partial charge < -0.3 is 11.1 Å². The van der Waals surface area contributed by atoms with Crippen LogP contribution in [-0.2, 0) is 4.79 Å². The van der Waals surface area contributed by atoms with Gasteiger partial charge in [-0.2, -0.15) is 5.10 Å². The quantitative estimate of drug-likeness (QED) is 0.768. The summed E-state index contributed by atoms with van der Waals surface area (Å²) in [6, 6.07) is 5.68. The second-order valence-electron chi connectivity index (χ2n) is 4.72. The lowest BCUT2D eigenvalue weighted by molar-refractivity contribution is -0.120. The molecule has 96 valence electrons. The molecule has 1 unspecified atom stereocenters. The van der Waals surface area contributed by atoms with E-state index < -0.39 is 0 Å². The van der Waals surface area contributed by atoms with E-state index in [1.807, 2.05) is 32.0 Å². The Morgan fingerprint density at radius 1 is 1.50 bits per heavy atom. The van der Waals surface area contributed by atoms with E-state index in [1.165, 1.54) is 0 Å². The predicted octanol–water partition coefficient (Wildman–Crippen LogP) is 1.73. The zero-order chi connectivity index (χ0) is 13.1. The van der Waals surface area contributed by atoms with E-state index >= 15 is 0 Å². The normalized spacial score (nSPS) is 12.9. The third kappa shape index (κ3) is 2.36. The summed E-state index contributed by atoms with van der Waals surface area (Å²) in [4.78, 5) is 12.1. The molecule has 0 saturated heterocycles. The summed E-state index contributed by atoms with van der Waals surface area (Å²) in [5, 5.41) is 10.7.